The Hall–Kier alpha value is -6.30. The molecule has 7 aromatic carbocycles. The summed E-state index contributed by atoms with van der Waals surface area (Å²) in [4.78, 5) is 9.71. The molecule has 50 heavy (non-hydrogen) atoms. The molecule has 0 spiro atoms. The minimum atomic E-state index is 0.442. The maximum atomic E-state index is 6.43. The van der Waals surface area contributed by atoms with Crippen LogP contribution in [0, 0.1) is 0 Å². The van der Waals surface area contributed by atoms with Crippen molar-refractivity contribution in [2.75, 3.05) is 0 Å². The fourth-order valence-electron chi connectivity index (χ4n) is 6.87. The molecule has 0 saturated heterocycles. The maximum absolute atomic E-state index is 6.43. The zero-order valence-corrected chi connectivity index (χ0v) is 28.0. The topological polar surface area (TPSA) is 55.7 Å². The number of benzene rings is 7. The van der Waals surface area contributed by atoms with Crippen LogP contribution in [-0.4, -0.2) is 16.2 Å². The average molecular weight is 661 g/mol. The highest BCUT2D eigenvalue weighted by Gasteiger charge is 2.16. The number of nitrogens with zero attached hydrogens (tertiary/aromatic N) is 3. The fourth-order valence-corrected chi connectivity index (χ4v) is 8.11. The van der Waals surface area contributed by atoms with Crippen molar-refractivity contribution in [1.82, 2.24) is 4.57 Å². The van der Waals surface area contributed by atoms with E-state index in [-0.39, 0.29) is 0 Å². The second kappa shape index (κ2) is 12.6. The summed E-state index contributed by atoms with van der Waals surface area (Å²) in [6, 6.07) is 59.5. The highest BCUT2D eigenvalue weighted by Crippen LogP contribution is 2.41. The SMILES string of the molecule is NC(=NC(=NCc1ccc(-n2c3ccccc3c3ccc(-c4cccc5c4sc4ccccc45)cc32)cc1)c1ccccc1)c1ccccc1. The molecular formula is C45H32N4S. The van der Waals surface area contributed by atoms with Gasteiger partial charge < -0.3 is 10.3 Å². The highest BCUT2D eigenvalue weighted by molar-refractivity contribution is 7.26. The molecule has 0 fully saturated rings. The molecule has 238 valence electrons. The number of hydrogen-bond donors (Lipinski definition) is 1. The van der Waals surface area contributed by atoms with Gasteiger partial charge in [-0.2, -0.15) is 0 Å². The minimum absolute atomic E-state index is 0.442. The maximum Gasteiger partial charge on any atom is 0.157 e. The lowest BCUT2D eigenvalue weighted by Gasteiger charge is -2.10. The van der Waals surface area contributed by atoms with E-state index >= 15 is 0 Å². The third kappa shape index (κ3) is 5.34. The lowest BCUT2D eigenvalue weighted by Crippen LogP contribution is -2.16. The normalized spacial score (nSPS) is 12.4. The summed E-state index contributed by atoms with van der Waals surface area (Å²) < 4.78 is 5.02. The van der Waals surface area contributed by atoms with Crippen molar-refractivity contribution in [2.24, 2.45) is 15.7 Å². The summed E-state index contributed by atoms with van der Waals surface area (Å²) in [5.74, 6) is 1.05. The Morgan fingerprint density at radius 1 is 0.560 bits per heavy atom. The molecule has 5 heteroatoms. The van der Waals surface area contributed by atoms with Gasteiger partial charge in [0, 0.05) is 47.8 Å². The number of hydrogen-bond acceptors (Lipinski definition) is 2. The van der Waals surface area contributed by atoms with Gasteiger partial charge in [0.1, 0.15) is 5.84 Å². The molecule has 0 aliphatic rings. The third-order valence-corrected chi connectivity index (χ3v) is 10.5. The first kappa shape index (κ1) is 29.8. The van der Waals surface area contributed by atoms with Crippen LogP contribution in [0.5, 0.6) is 0 Å². The molecule has 9 rings (SSSR count). The number of para-hydroxylation sites is 1. The van der Waals surface area contributed by atoms with E-state index in [0.29, 0.717) is 18.2 Å². The van der Waals surface area contributed by atoms with Crippen molar-refractivity contribution in [3.05, 3.63) is 187 Å². The summed E-state index contributed by atoms with van der Waals surface area (Å²) >= 11 is 1.87. The summed E-state index contributed by atoms with van der Waals surface area (Å²) in [5, 5.41) is 5.11. The molecule has 9 aromatic rings. The Kier molecular flexibility index (Phi) is 7.52. The molecule has 2 heterocycles. The second-order valence-electron chi connectivity index (χ2n) is 12.4. The molecule has 0 radical (unpaired) electrons. The van der Waals surface area contributed by atoms with Gasteiger partial charge in [0.15, 0.2) is 5.84 Å². The molecule has 0 atom stereocenters. The van der Waals surface area contributed by atoms with E-state index in [4.69, 9.17) is 15.7 Å². The Balaban J connectivity index is 1.10. The van der Waals surface area contributed by atoms with Crippen LogP contribution >= 0.6 is 11.3 Å². The molecule has 0 aliphatic carbocycles. The quantitative estimate of drug-likeness (QED) is 0.140. The van der Waals surface area contributed by atoms with Crippen LogP contribution in [-0.2, 0) is 6.54 Å². The fraction of sp³-hybridized carbons (Fsp3) is 0.0222. The van der Waals surface area contributed by atoms with Crippen LogP contribution in [0.3, 0.4) is 0 Å². The van der Waals surface area contributed by atoms with Crippen molar-refractivity contribution < 1.29 is 0 Å². The zero-order valence-electron chi connectivity index (χ0n) is 27.2. The number of nitrogens with two attached hydrogens (primary N) is 1. The van der Waals surface area contributed by atoms with Gasteiger partial charge in [-0.1, -0.05) is 140 Å². The Labute approximate surface area is 294 Å². The molecule has 2 aromatic heterocycles. The van der Waals surface area contributed by atoms with Gasteiger partial charge in [0.2, 0.25) is 0 Å². The van der Waals surface area contributed by atoms with E-state index in [2.05, 4.69) is 114 Å². The van der Waals surface area contributed by atoms with E-state index in [1.807, 2.05) is 72.0 Å². The van der Waals surface area contributed by atoms with Crippen LogP contribution < -0.4 is 5.73 Å². The molecule has 0 amide bonds. The predicted octanol–water partition coefficient (Wildman–Crippen LogP) is 11.2. The van der Waals surface area contributed by atoms with Gasteiger partial charge in [-0.15, -0.1) is 11.3 Å². The van der Waals surface area contributed by atoms with Gasteiger partial charge in [-0.25, -0.2) is 4.99 Å². The molecule has 2 N–H and O–H groups in total. The number of thiophene rings is 1. The molecular weight excluding hydrogens is 629 g/mol. The molecule has 0 aliphatic heterocycles. The summed E-state index contributed by atoms with van der Waals surface area (Å²) in [5.41, 5.74) is 15.3. The lowest BCUT2D eigenvalue weighted by molar-refractivity contribution is 1.05. The Morgan fingerprint density at radius 2 is 1.22 bits per heavy atom. The van der Waals surface area contributed by atoms with E-state index in [1.165, 1.54) is 53.1 Å². The van der Waals surface area contributed by atoms with Crippen LogP contribution in [0.4, 0.5) is 0 Å². The van der Waals surface area contributed by atoms with Gasteiger partial charge in [-0.3, -0.25) is 4.99 Å². The lowest BCUT2D eigenvalue weighted by atomic mass is 10.0. The largest absolute Gasteiger partial charge is 0.383 e. The predicted molar refractivity (Wildman–Crippen MR) is 213 cm³/mol. The standard InChI is InChI=1S/C45H32N4S/c46-44(31-12-3-1-4-13-31)48-45(32-14-5-2-6-15-32)47-29-30-22-25-34(26-23-30)49-40-20-9-7-16-36(40)37-27-24-33(28-41(37)49)35-18-11-19-39-38-17-8-10-21-42(38)50-43(35)39/h1-28H,29H2,(H2,46,47,48). The number of aliphatic imine (C=N–C) groups is 2. The van der Waals surface area contributed by atoms with E-state index in [9.17, 15) is 0 Å². The average Bonchev–Trinajstić information content (AvgIpc) is 3.73. The van der Waals surface area contributed by atoms with Gasteiger partial charge in [0.05, 0.1) is 17.6 Å². The highest BCUT2D eigenvalue weighted by atomic mass is 32.1. The van der Waals surface area contributed by atoms with Crippen LogP contribution in [0.1, 0.15) is 16.7 Å². The van der Waals surface area contributed by atoms with Crippen molar-refractivity contribution in [3.8, 4) is 16.8 Å². The summed E-state index contributed by atoms with van der Waals surface area (Å²) in [7, 11) is 0. The third-order valence-electron chi connectivity index (χ3n) is 9.32. The minimum Gasteiger partial charge on any atom is -0.383 e. The van der Waals surface area contributed by atoms with Crippen molar-refractivity contribution in [2.45, 2.75) is 6.54 Å². The molecule has 0 saturated carbocycles. The van der Waals surface area contributed by atoms with Gasteiger partial charge in [-0.05, 0) is 47.0 Å². The van der Waals surface area contributed by atoms with E-state index in [1.54, 1.807) is 0 Å². The Morgan fingerprint density at radius 3 is 2.02 bits per heavy atom. The van der Waals surface area contributed by atoms with E-state index in [0.717, 1.165) is 22.4 Å². The van der Waals surface area contributed by atoms with Crippen LogP contribution in [0.25, 0.3) is 58.8 Å². The number of rotatable bonds is 6. The first-order chi connectivity index (χ1) is 24.7. The zero-order chi connectivity index (χ0) is 33.4. The van der Waals surface area contributed by atoms with Crippen molar-refractivity contribution in [3.63, 3.8) is 0 Å². The van der Waals surface area contributed by atoms with Gasteiger partial charge >= 0.3 is 0 Å². The number of amidine groups is 2. The number of aromatic nitrogens is 1. The first-order valence-electron chi connectivity index (χ1n) is 16.7. The van der Waals surface area contributed by atoms with E-state index < -0.39 is 0 Å². The van der Waals surface area contributed by atoms with Crippen LogP contribution in [0.2, 0.25) is 0 Å². The van der Waals surface area contributed by atoms with Crippen LogP contribution in [0.15, 0.2) is 180 Å². The molecule has 0 bridgehead atoms. The second-order valence-corrected chi connectivity index (χ2v) is 13.5. The smallest absolute Gasteiger partial charge is 0.157 e. The molecule has 0 unspecified atom stereocenters. The summed E-state index contributed by atoms with van der Waals surface area (Å²) in [6.07, 6.45) is 0. The Bertz CT molecular complexity index is 2720. The first-order valence-corrected chi connectivity index (χ1v) is 17.6. The number of fused-ring (bicyclic) bond motifs is 6. The van der Waals surface area contributed by atoms with Crippen molar-refractivity contribution >= 4 is 65.0 Å². The monoisotopic (exact) mass is 660 g/mol. The summed E-state index contributed by atoms with van der Waals surface area (Å²) in [6.45, 7) is 0.479. The van der Waals surface area contributed by atoms with Gasteiger partial charge in [0.25, 0.3) is 0 Å². The molecule has 4 nitrogen and oxygen atoms in total. The van der Waals surface area contributed by atoms with Crippen molar-refractivity contribution in [1.29, 1.82) is 0 Å².